The molecule has 21 heavy (non-hydrogen) atoms. The molecule has 0 amide bonds. The smallest absolute Gasteiger partial charge is 0.0547 e. The minimum atomic E-state index is 0.0172. The van der Waals surface area contributed by atoms with Crippen molar-refractivity contribution in [3.63, 3.8) is 0 Å². The average molecular weight is 281 g/mol. The number of hydrogen-bond acceptors (Lipinski definition) is 3. The molecule has 1 aromatic heterocycles. The summed E-state index contributed by atoms with van der Waals surface area (Å²) in [6.07, 6.45) is 0. The summed E-state index contributed by atoms with van der Waals surface area (Å²) in [7, 11) is 0. The molecule has 0 aliphatic carbocycles. The molecule has 1 aliphatic heterocycles. The van der Waals surface area contributed by atoms with E-state index in [-0.39, 0.29) is 5.54 Å². The Morgan fingerprint density at radius 3 is 2.71 bits per heavy atom. The van der Waals surface area contributed by atoms with Gasteiger partial charge in [-0.1, -0.05) is 36.4 Å². The number of rotatable bonds is 3. The maximum Gasteiger partial charge on any atom is 0.0547 e. The lowest BCUT2D eigenvalue weighted by Gasteiger charge is -2.41. The topological polar surface area (TPSA) is 28.2 Å². The molecule has 3 rings (SSSR count). The Morgan fingerprint density at radius 1 is 1.14 bits per heavy atom. The Kier molecular flexibility index (Phi) is 4.04. The first-order chi connectivity index (χ1) is 10.2. The van der Waals surface area contributed by atoms with E-state index >= 15 is 0 Å². The highest BCUT2D eigenvalue weighted by Gasteiger charge is 2.32. The van der Waals surface area contributed by atoms with Gasteiger partial charge in [-0.3, -0.25) is 9.88 Å². The summed E-state index contributed by atoms with van der Waals surface area (Å²) in [6, 6.07) is 17.0. The fourth-order valence-electron chi connectivity index (χ4n) is 3.12. The van der Waals surface area contributed by atoms with E-state index < -0.39 is 0 Å². The standard InChI is InChI=1S/C18H23N3/c1-15-7-6-10-17(20-15)13-21-12-11-19-18(2,14-21)16-8-4-3-5-9-16/h3-10,19H,11-14H2,1-2H3. The number of piperazine rings is 1. The van der Waals surface area contributed by atoms with Gasteiger partial charge in [0.2, 0.25) is 0 Å². The van der Waals surface area contributed by atoms with E-state index in [4.69, 9.17) is 0 Å². The van der Waals surface area contributed by atoms with Crippen LogP contribution in [-0.4, -0.2) is 29.5 Å². The van der Waals surface area contributed by atoms with Crippen LogP contribution in [0.25, 0.3) is 0 Å². The Morgan fingerprint density at radius 2 is 1.95 bits per heavy atom. The minimum Gasteiger partial charge on any atom is -0.305 e. The third-order valence-corrected chi connectivity index (χ3v) is 4.23. The first kappa shape index (κ1) is 14.2. The predicted molar refractivity (Wildman–Crippen MR) is 86.0 cm³/mol. The highest BCUT2D eigenvalue weighted by atomic mass is 15.2. The second-order valence-electron chi connectivity index (χ2n) is 6.11. The average Bonchev–Trinajstić information content (AvgIpc) is 2.48. The fourth-order valence-corrected chi connectivity index (χ4v) is 3.12. The van der Waals surface area contributed by atoms with Crippen molar-refractivity contribution in [2.75, 3.05) is 19.6 Å². The highest BCUT2D eigenvalue weighted by molar-refractivity contribution is 5.25. The van der Waals surface area contributed by atoms with Crippen LogP contribution in [0.2, 0.25) is 0 Å². The van der Waals surface area contributed by atoms with Crippen LogP contribution < -0.4 is 5.32 Å². The number of pyridine rings is 1. The maximum atomic E-state index is 4.63. The van der Waals surface area contributed by atoms with Crippen LogP contribution in [0.3, 0.4) is 0 Å². The second kappa shape index (κ2) is 5.96. The summed E-state index contributed by atoms with van der Waals surface area (Å²) in [5.74, 6) is 0. The van der Waals surface area contributed by atoms with Gasteiger partial charge in [0.25, 0.3) is 0 Å². The summed E-state index contributed by atoms with van der Waals surface area (Å²) in [5.41, 5.74) is 3.62. The molecule has 2 heterocycles. The van der Waals surface area contributed by atoms with Crippen molar-refractivity contribution in [3.05, 3.63) is 65.5 Å². The summed E-state index contributed by atoms with van der Waals surface area (Å²) in [4.78, 5) is 7.12. The molecular weight excluding hydrogens is 258 g/mol. The molecule has 110 valence electrons. The Labute approximate surface area is 127 Å². The third-order valence-electron chi connectivity index (χ3n) is 4.23. The van der Waals surface area contributed by atoms with Gasteiger partial charge in [0.1, 0.15) is 0 Å². The van der Waals surface area contributed by atoms with Crippen LogP contribution in [-0.2, 0) is 12.1 Å². The van der Waals surface area contributed by atoms with Crippen molar-refractivity contribution in [1.82, 2.24) is 15.2 Å². The van der Waals surface area contributed by atoms with Crippen LogP contribution >= 0.6 is 0 Å². The monoisotopic (exact) mass is 281 g/mol. The summed E-state index contributed by atoms with van der Waals surface area (Å²) in [6.45, 7) is 8.35. The van der Waals surface area contributed by atoms with Gasteiger partial charge in [0, 0.05) is 31.9 Å². The van der Waals surface area contributed by atoms with Gasteiger partial charge < -0.3 is 5.32 Å². The molecule has 1 unspecified atom stereocenters. The number of nitrogens with zero attached hydrogens (tertiary/aromatic N) is 2. The van der Waals surface area contributed by atoms with Gasteiger partial charge in [-0.15, -0.1) is 0 Å². The summed E-state index contributed by atoms with van der Waals surface area (Å²) >= 11 is 0. The van der Waals surface area contributed by atoms with Crippen molar-refractivity contribution in [1.29, 1.82) is 0 Å². The molecule has 0 radical (unpaired) electrons. The van der Waals surface area contributed by atoms with Gasteiger partial charge in [-0.2, -0.15) is 0 Å². The normalized spacial score (nSPS) is 23.1. The van der Waals surface area contributed by atoms with Crippen molar-refractivity contribution in [2.24, 2.45) is 0 Å². The Bertz CT molecular complexity index is 596. The molecule has 0 bridgehead atoms. The first-order valence-electron chi connectivity index (χ1n) is 7.61. The van der Waals surface area contributed by atoms with E-state index in [1.165, 1.54) is 5.56 Å². The molecule has 2 aromatic rings. The molecule has 1 aliphatic rings. The van der Waals surface area contributed by atoms with Crippen LogP contribution in [0.15, 0.2) is 48.5 Å². The first-order valence-corrected chi connectivity index (χ1v) is 7.61. The minimum absolute atomic E-state index is 0.0172. The van der Waals surface area contributed by atoms with E-state index in [1.54, 1.807) is 0 Å². The maximum absolute atomic E-state index is 4.63. The predicted octanol–water partition coefficient (Wildman–Crippen LogP) is 2.71. The largest absolute Gasteiger partial charge is 0.305 e. The van der Waals surface area contributed by atoms with Crippen LogP contribution in [0.4, 0.5) is 0 Å². The molecule has 1 fully saturated rings. The quantitative estimate of drug-likeness (QED) is 0.937. The molecule has 1 aromatic carbocycles. The van der Waals surface area contributed by atoms with E-state index in [0.717, 1.165) is 37.6 Å². The number of aryl methyl sites for hydroxylation is 1. The van der Waals surface area contributed by atoms with Crippen molar-refractivity contribution in [3.8, 4) is 0 Å². The molecule has 1 atom stereocenters. The van der Waals surface area contributed by atoms with E-state index in [0.29, 0.717) is 0 Å². The Hall–Kier alpha value is -1.71. The zero-order valence-electron chi connectivity index (χ0n) is 12.8. The molecule has 3 nitrogen and oxygen atoms in total. The Balaban J connectivity index is 1.74. The molecule has 1 saturated heterocycles. The van der Waals surface area contributed by atoms with E-state index in [9.17, 15) is 0 Å². The fraction of sp³-hybridized carbons (Fsp3) is 0.389. The van der Waals surface area contributed by atoms with Gasteiger partial charge in [0.05, 0.1) is 11.2 Å². The molecule has 0 saturated carbocycles. The van der Waals surface area contributed by atoms with Crippen LogP contribution in [0, 0.1) is 6.92 Å². The van der Waals surface area contributed by atoms with Gasteiger partial charge in [-0.25, -0.2) is 0 Å². The summed E-state index contributed by atoms with van der Waals surface area (Å²) < 4.78 is 0. The highest BCUT2D eigenvalue weighted by Crippen LogP contribution is 2.24. The molecule has 1 N–H and O–H groups in total. The van der Waals surface area contributed by atoms with Crippen molar-refractivity contribution >= 4 is 0 Å². The van der Waals surface area contributed by atoms with E-state index in [2.05, 4.69) is 77.6 Å². The SMILES string of the molecule is Cc1cccc(CN2CCNC(C)(c3ccccc3)C2)n1. The third kappa shape index (κ3) is 3.31. The lowest BCUT2D eigenvalue weighted by Crippen LogP contribution is -2.56. The van der Waals surface area contributed by atoms with Crippen molar-refractivity contribution in [2.45, 2.75) is 25.9 Å². The zero-order valence-corrected chi connectivity index (χ0v) is 12.8. The lowest BCUT2D eigenvalue weighted by atomic mass is 9.89. The van der Waals surface area contributed by atoms with Crippen LogP contribution in [0.5, 0.6) is 0 Å². The number of aromatic nitrogens is 1. The summed E-state index contributed by atoms with van der Waals surface area (Å²) in [5, 5.41) is 3.68. The van der Waals surface area contributed by atoms with Gasteiger partial charge in [-0.05, 0) is 31.5 Å². The number of nitrogens with one attached hydrogen (secondary N) is 1. The molecule has 0 spiro atoms. The lowest BCUT2D eigenvalue weighted by molar-refractivity contribution is 0.135. The zero-order chi connectivity index (χ0) is 14.7. The van der Waals surface area contributed by atoms with Crippen molar-refractivity contribution < 1.29 is 0 Å². The second-order valence-corrected chi connectivity index (χ2v) is 6.11. The van der Waals surface area contributed by atoms with Gasteiger partial charge >= 0.3 is 0 Å². The molecule has 3 heteroatoms. The van der Waals surface area contributed by atoms with E-state index in [1.807, 2.05) is 0 Å². The van der Waals surface area contributed by atoms with Gasteiger partial charge in [0.15, 0.2) is 0 Å². The number of hydrogen-bond donors (Lipinski definition) is 1. The number of benzene rings is 1. The van der Waals surface area contributed by atoms with Crippen LogP contribution in [0.1, 0.15) is 23.9 Å². The molecular formula is C18H23N3.